The number of rotatable bonds is 10. The molecule has 3 unspecified atom stereocenters. The number of benzene rings is 1. The third-order valence-corrected chi connectivity index (χ3v) is 9.68. The molecule has 3 fully saturated rings. The van der Waals surface area contributed by atoms with Crippen LogP contribution in [-0.2, 0) is 14.8 Å². The summed E-state index contributed by atoms with van der Waals surface area (Å²) in [6.07, 6.45) is 6.82. The Morgan fingerprint density at radius 3 is 2.60 bits per heavy atom. The minimum atomic E-state index is -3.56. The fourth-order valence-electron chi connectivity index (χ4n) is 5.66. The van der Waals surface area contributed by atoms with Gasteiger partial charge in [0.2, 0.25) is 15.9 Å². The number of ether oxygens (including phenoxy) is 2. The summed E-state index contributed by atoms with van der Waals surface area (Å²) >= 11 is 0. The van der Waals surface area contributed by atoms with Gasteiger partial charge in [-0.05, 0) is 69.2 Å². The fourth-order valence-corrected chi connectivity index (χ4v) is 7.14. The molecule has 1 amide bonds. The molecule has 9 nitrogen and oxygen atoms in total. The molecule has 3 atom stereocenters. The first kappa shape index (κ1) is 26.2. The van der Waals surface area contributed by atoms with Crippen molar-refractivity contribution < 1.29 is 22.7 Å². The van der Waals surface area contributed by atoms with E-state index in [1.165, 1.54) is 20.3 Å². The summed E-state index contributed by atoms with van der Waals surface area (Å²) < 4.78 is 38.3. The van der Waals surface area contributed by atoms with Gasteiger partial charge in [0.05, 0.1) is 25.2 Å². The van der Waals surface area contributed by atoms with Gasteiger partial charge in [-0.1, -0.05) is 12.8 Å². The third-order valence-electron chi connectivity index (χ3n) is 7.78. The van der Waals surface area contributed by atoms with Gasteiger partial charge in [0, 0.05) is 31.7 Å². The van der Waals surface area contributed by atoms with Crippen LogP contribution in [0.5, 0.6) is 11.5 Å². The lowest BCUT2D eigenvalue weighted by Crippen LogP contribution is -2.45. The number of piperidine rings is 2. The van der Waals surface area contributed by atoms with E-state index in [0.717, 1.165) is 58.0 Å². The summed E-state index contributed by atoms with van der Waals surface area (Å²) in [5, 5.41) is 10.0. The minimum absolute atomic E-state index is 0.0538. The zero-order valence-electron chi connectivity index (χ0n) is 20.9. The number of hydrogen-bond acceptors (Lipinski definition) is 7. The first-order valence-electron chi connectivity index (χ1n) is 12.9. The summed E-state index contributed by atoms with van der Waals surface area (Å²) in [6.45, 7) is 3.81. The van der Waals surface area contributed by atoms with Gasteiger partial charge in [0.1, 0.15) is 0 Å². The highest BCUT2D eigenvalue weighted by molar-refractivity contribution is 7.89. The van der Waals surface area contributed by atoms with Crippen LogP contribution < -0.4 is 25.4 Å². The fraction of sp³-hybridized carbons (Fsp3) is 0.720. The predicted molar refractivity (Wildman–Crippen MR) is 134 cm³/mol. The molecule has 1 aromatic carbocycles. The monoisotopic (exact) mass is 508 g/mol. The molecular formula is C25H40N4O5S. The van der Waals surface area contributed by atoms with Gasteiger partial charge in [-0.2, -0.15) is 4.31 Å². The van der Waals surface area contributed by atoms with Gasteiger partial charge in [0.25, 0.3) is 0 Å². The van der Waals surface area contributed by atoms with E-state index in [2.05, 4.69) is 16.0 Å². The van der Waals surface area contributed by atoms with E-state index in [1.807, 2.05) is 0 Å². The number of amides is 1. The number of fused-ring (bicyclic) bond motifs is 1. The molecule has 10 heteroatoms. The molecule has 1 aromatic rings. The van der Waals surface area contributed by atoms with Crippen LogP contribution in [0.1, 0.15) is 44.9 Å². The highest BCUT2D eigenvalue weighted by Crippen LogP contribution is 2.32. The normalized spacial score (nSPS) is 25.7. The van der Waals surface area contributed by atoms with Gasteiger partial charge < -0.3 is 25.4 Å². The van der Waals surface area contributed by atoms with Crippen LogP contribution in [0.2, 0.25) is 0 Å². The lowest BCUT2D eigenvalue weighted by Gasteiger charge is -2.31. The molecule has 3 saturated heterocycles. The second-order valence-electron chi connectivity index (χ2n) is 9.97. The van der Waals surface area contributed by atoms with Crippen LogP contribution in [0, 0.1) is 11.8 Å². The molecule has 196 valence electrons. The number of carbonyl (C=O) groups is 1. The minimum Gasteiger partial charge on any atom is -0.493 e. The van der Waals surface area contributed by atoms with E-state index < -0.39 is 10.0 Å². The first-order chi connectivity index (χ1) is 16.9. The summed E-state index contributed by atoms with van der Waals surface area (Å²) in [4.78, 5) is 12.7. The Bertz CT molecular complexity index is 951. The molecule has 3 heterocycles. The topological polar surface area (TPSA) is 109 Å². The van der Waals surface area contributed by atoms with Gasteiger partial charge in [-0.15, -0.1) is 0 Å². The first-order valence-corrected chi connectivity index (χ1v) is 14.3. The number of hydrogen-bond donors (Lipinski definition) is 3. The number of methoxy groups -OCH3 is 2. The summed E-state index contributed by atoms with van der Waals surface area (Å²) in [7, 11) is -0.529. The molecule has 4 rings (SSSR count). The Morgan fingerprint density at radius 2 is 1.89 bits per heavy atom. The average Bonchev–Trinajstić information content (AvgIpc) is 3.33. The van der Waals surface area contributed by atoms with Crippen molar-refractivity contribution in [3.8, 4) is 11.5 Å². The van der Waals surface area contributed by atoms with E-state index in [9.17, 15) is 13.2 Å². The quantitative estimate of drug-likeness (QED) is 0.413. The maximum atomic E-state index is 13.1. The lowest BCUT2D eigenvalue weighted by molar-refractivity contribution is -0.122. The number of carbonyl (C=O) groups excluding carboxylic acids is 1. The molecule has 0 saturated carbocycles. The molecular weight excluding hydrogens is 468 g/mol. The Morgan fingerprint density at radius 1 is 1.11 bits per heavy atom. The van der Waals surface area contributed by atoms with Crippen LogP contribution in [0.4, 0.5) is 0 Å². The van der Waals surface area contributed by atoms with Crippen molar-refractivity contribution in [1.82, 2.24) is 20.3 Å². The molecule has 3 N–H and O–H groups in total. The molecule has 0 aliphatic carbocycles. The molecule has 3 aliphatic heterocycles. The summed E-state index contributed by atoms with van der Waals surface area (Å²) in [6, 6.07) is 5.16. The van der Waals surface area contributed by atoms with E-state index in [4.69, 9.17) is 9.47 Å². The van der Waals surface area contributed by atoms with E-state index in [-0.39, 0.29) is 16.8 Å². The van der Waals surface area contributed by atoms with Crippen molar-refractivity contribution in [2.24, 2.45) is 11.8 Å². The van der Waals surface area contributed by atoms with Crippen LogP contribution >= 0.6 is 0 Å². The third kappa shape index (κ3) is 6.28. The second-order valence-corrected chi connectivity index (χ2v) is 11.9. The predicted octanol–water partition coefficient (Wildman–Crippen LogP) is 1.73. The van der Waals surface area contributed by atoms with Crippen molar-refractivity contribution >= 4 is 15.9 Å². The largest absolute Gasteiger partial charge is 0.493 e. The maximum absolute atomic E-state index is 13.1. The number of unbranched alkanes of at least 4 members (excludes halogenated alkanes) is 1. The summed E-state index contributed by atoms with van der Waals surface area (Å²) in [5.74, 6) is 2.15. The number of nitrogens with zero attached hydrogens (tertiary/aromatic N) is 1. The van der Waals surface area contributed by atoms with E-state index >= 15 is 0 Å². The smallest absolute Gasteiger partial charge is 0.243 e. The standard InChI is InChI=1S/C25H40N4O5S/c1-33-23-7-6-20(16-24(23)34-2)35(31,32)29-13-9-18(10-14-29)5-3-4-11-27-25(30)22-15-19-17-26-12-8-21(19)28-22/h6-7,16,18-19,21-22,26,28H,3-5,8-15,17H2,1-2H3,(H,27,30). The highest BCUT2D eigenvalue weighted by Gasteiger charge is 2.38. The van der Waals surface area contributed by atoms with Crippen LogP contribution in [-0.4, -0.2) is 77.7 Å². The Hall–Kier alpha value is -1.88. The molecule has 3 aliphatic rings. The van der Waals surface area contributed by atoms with Crippen molar-refractivity contribution in [2.75, 3.05) is 46.9 Å². The van der Waals surface area contributed by atoms with Crippen molar-refractivity contribution in [2.45, 2.75) is 61.9 Å². The zero-order valence-corrected chi connectivity index (χ0v) is 21.7. The molecule has 0 radical (unpaired) electrons. The Kier molecular flexibility index (Phi) is 8.91. The van der Waals surface area contributed by atoms with Crippen molar-refractivity contribution in [3.63, 3.8) is 0 Å². The average molecular weight is 509 g/mol. The Labute approximate surface area is 209 Å². The maximum Gasteiger partial charge on any atom is 0.243 e. The summed E-state index contributed by atoms with van der Waals surface area (Å²) in [5.41, 5.74) is 0. The van der Waals surface area contributed by atoms with Crippen molar-refractivity contribution in [1.29, 1.82) is 0 Å². The van der Waals surface area contributed by atoms with Crippen LogP contribution in [0.3, 0.4) is 0 Å². The number of nitrogens with one attached hydrogen (secondary N) is 3. The Balaban J connectivity index is 1.14. The van der Waals surface area contributed by atoms with Gasteiger partial charge in [-0.25, -0.2) is 8.42 Å². The number of sulfonamides is 1. The molecule has 35 heavy (non-hydrogen) atoms. The van der Waals surface area contributed by atoms with Crippen molar-refractivity contribution in [3.05, 3.63) is 18.2 Å². The second kappa shape index (κ2) is 11.9. The van der Waals surface area contributed by atoms with Crippen LogP contribution in [0.25, 0.3) is 0 Å². The SMILES string of the molecule is COc1ccc(S(=O)(=O)N2CCC(CCCCNC(=O)C3CC4CNCCC4N3)CC2)cc1OC. The zero-order chi connectivity index (χ0) is 24.8. The van der Waals surface area contributed by atoms with Crippen LogP contribution in [0.15, 0.2) is 23.1 Å². The van der Waals surface area contributed by atoms with Gasteiger partial charge in [0.15, 0.2) is 11.5 Å². The lowest BCUT2D eigenvalue weighted by atomic mass is 9.92. The molecule has 0 aromatic heterocycles. The molecule has 0 spiro atoms. The highest BCUT2D eigenvalue weighted by atomic mass is 32.2. The van der Waals surface area contributed by atoms with Gasteiger partial charge in [-0.3, -0.25) is 4.79 Å². The van der Waals surface area contributed by atoms with E-state index in [1.54, 1.807) is 16.4 Å². The van der Waals surface area contributed by atoms with E-state index in [0.29, 0.717) is 49.0 Å². The molecule has 0 bridgehead atoms. The van der Waals surface area contributed by atoms with Gasteiger partial charge >= 0.3 is 0 Å².